The number of esters is 1. The van der Waals surface area contributed by atoms with Crippen LogP contribution >= 0.6 is 12.2 Å². The van der Waals surface area contributed by atoms with Crippen molar-refractivity contribution in [3.8, 4) is 0 Å². The largest absolute Gasteiger partial charge is 0.460 e. The molecular weight excluding hydrogens is 416 g/mol. The molecule has 2 aromatic heterocycles. The number of hydrogen-bond donors (Lipinski definition) is 2. The molecule has 0 spiro atoms. The average Bonchev–Trinajstić information content (AvgIpc) is 3.19. The van der Waals surface area contributed by atoms with Crippen molar-refractivity contribution in [2.24, 2.45) is 0 Å². The van der Waals surface area contributed by atoms with Gasteiger partial charge in [0.15, 0.2) is 0 Å². The number of fused-ring (bicyclic) bond motifs is 1. The number of nitrogens with zero attached hydrogens (tertiary/aromatic N) is 2. The number of nitrogens with one attached hydrogen (secondary N) is 2. The molecule has 0 saturated heterocycles. The summed E-state index contributed by atoms with van der Waals surface area (Å²) < 4.78 is 13.0. The highest BCUT2D eigenvalue weighted by atomic mass is 32.1. The predicted molar refractivity (Wildman–Crippen MR) is 121 cm³/mol. The van der Waals surface area contributed by atoms with E-state index in [1.54, 1.807) is 34.0 Å². The van der Waals surface area contributed by atoms with Crippen molar-refractivity contribution in [3.63, 3.8) is 0 Å². The van der Waals surface area contributed by atoms with Crippen molar-refractivity contribution in [1.82, 2.24) is 20.0 Å². The standard InChI is InChI=1S/C22H30N4O4S/c1-21(2,3)30-20(28)25-13-18(27)29-16-7-5-6-10-22(16,19(31)23-4)15-8-9-17-24-11-12-26(17)14-15/h8-9,11-12,14,16H,5-7,10,13H2,1-4H3,(H,23,31)(H,25,28). The topological polar surface area (TPSA) is 94.0 Å². The molecule has 2 aromatic rings. The highest BCUT2D eigenvalue weighted by molar-refractivity contribution is 7.80. The van der Waals surface area contributed by atoms with Crippen LogP contribution < -0.4 is 10.6 Å². The minimum atomic E-state index is -0.657. The second-order valence-corrected chi connectivity index (χ2v) is 9.15. The molecule has 168 valence electrons. The Hall–Kier alpha value is -2.68. The van der Waals surface area contributed by atoms with E-state index in [0.29, 0.717) is 11.4 Å². The summed E-state index contributed by atoms with van der Waals surface area (Å²) in [7, 11) is 1.79. The van der Waals surface area contributed by atoms with E-state index in [1.165, 1.54) is 0 Å². The van der Waals surface area contributed by atoms with Crippen LogP contribution in [0.2, 0.25) is 0 Å². The van der Waals surface area contributed by atoms with Gasteiger partial charge in [-0.05, 0) is 51.7 Å². The third kappa shape index (κ3) is 5.15. The monoisotopic (exact) mass is 446 g/mol. The number of alkyl carbamates (subject to hydrolysis) is 1. The van der Waals surface area contributed by atoms with Crippen LogP contribution in [0.1, 0.15) is 52.0 Å². The fourth-order valence-corrected chi connectivity index (χ4v) is 4.44. The molecule has 0 aliphatic heterocycles. The summed E-state index contributed by atoms with van der Waals surface area (Å²) in [6.45, 7) is 5.01. The summed E-state index contributed by atoms with van der Waals surface area (Å²) >= 11 is 5.75. The molecule has 2 atom stereocenters. The van der Waals surface area contributed by atoms with E-state index in [4.69, 9.17) is 21.7 Å². The van der Waals surface area contributed by atoms with Gasteiger partial charge in [-0.2, -0.15) is 0 Å². The van der Waals surface area contributed by atoms with Crippen molar-refractivity contribution in [2.75, 3.05) is 13.6 Å². The predicted octanol–water partition coefficient (Wildman–Crippen LogP) is 3.13. The second kappa shape index (κ2) is 9.21. The van der Waals surface area contributed by atoms with E-state index in [2.05, 4.69) is 15.6 Å². The van der Waals surface area contributed by atoms with Crippen LogP contribution in [0, 0.1) is 0 Å². The Balaban J connectivity index is 1.82. The van der Waals surface area contributed by atoms with Gasteiger partial charge >= 0.3 is 12.1 Å². The maximum atomic E-state index is 12.6. The number of likely N-dealkylation sites (N-methyl/N-ethyl adjacent to an activating group) is 1. The first-order chi connectivity index (χ1) is 14.7. The Bertz CT molecular complexity index is 968. The molecule has 1 fully saturated rings. The number of hydrogen-bond acceptors (Lipinski definition) is 6. The highest BCUT2D eigenvalue weighted by Crippen LogP contribution is 2.42. The highest BCUT2D eigenvalue weighted by Gasteiger charge is 2.48. The van der Waals surface area contributed by atoms with Crippen molar-refractivity contribution in [3.05, 3.63) is 36.3 Å². The van der Waals surface area contributed by atoms with Gasteiger partial charge in [0, 0.05) is 25.6 Å². The summed E-state index contributed by atoms with van der Waals surface area (Å²) in [6.07, 6.45) is 7.84. The number of amides is 1. The molecule has 9 heteroatoms. The van der Waals surface area contributed by atoms with Crippen molar-refractivity contribution < 1.29 is 19.1 Å². The van der Waals surface area contributed by atoms with Crippen LogP contribution in [0.25, 0.3) is 5.65 Å². The Morgan fingerprint density at radius 2 is 2.10 bits per heavy atom. The van der Waals surface area contributed by atoms with E-state index in [-0.39, 0.29) is 6.54 Å². The van der Waals surface area contributed by atoms with E-state index >= 15 is 0 Å². The maximum Gasteiger partial charge on any atom is 0.408 e. The number of carbonyl (C=O) groups is 2. The summed E-state index contributed by atoms with van der Waals surface area (Å²) in [5.74, 6) is -0.523. The van der Waals surface area contributed by atoms with Crippen molar-refractivity contribution in [1.29, 1.82) is 0 Å². The van der Waals surface area contributed by atoms with Gasteiger partial charge < -0.3 is 24.5 Å². The van der Waals surface area contributed by atoms with Crippen molar-refractivity contribution >= 4 is 34.9 Å². The minimum absolute atomic E-state index is 0.269. The zero-order chi connectivity index (χ0) is 22.6. The third-order valence-corrected chi connectivity index (χ3v) is 5.99. The molecule has 1 amide bonds. The molecule has 2 unspecified atom stereocenters. The van der Waals surface area contributed by atoms with Crippen LogP contribution in [0.3, 0.4) is 0 Å². The quantitative estimate of drug-likeness (QED) is 0.538. The smallest absolute Gasteiger partial charge is 0.408 e. The molecule has 1 aliphatic carbocycles. The first-order valence-electron chi connectivity index (χ1n) is 10.5. The lowest BCUT2D eigenvalue weighted by atomic mass is 9.67. The lowest BCUT2D eigenvalue weighted by molar-refractivity contribution is -0.152. The Kier molecular flexibility index (Phi) is 6.83. The summed E-state index contributed by atoms with van der Waals surface area (Å²) in [6, 6.07) is 3.93. The SMILES string of the molecule is CNC(=S)C1(c2ccc3nccn3c2)CCCCC1OC(=O)CNC(=O)OC(C)(C)C. The summed E-state index contributed by atoms with van der Waals surface area (Å²) in [5, 5.41) is 5.58. The number of aromatic nitrogens is 2. The molecule has 3 rings (SSSR count). The third-order valence-electron chi connectivity index (χ3n) is 5.42. The van der Waals surface area contributed by atoms with E-state index in [0.717, 1.165) is 30.5 Å². The fraction of sp³-hybridized carbons (Fsp3) is 0.545. The van der Waals surface area contributed by atoms with Gasteiger partial charge in [-0.25, -0.2) is 9.78 Å². The molecule has 1 aliphatic rings. The molecule has 0 radical (unpaired) electrons. The van der Waals surface area contributed by atoms with E-state index in [9.17, 15) is 9.59 Å². The molecule has 2 heterocycles. The number of pyridine rings is 1. The first kappa shape index (κ1) is 23.0. The van der Waals surface area contributed by atoms with E-state index in [1.807, 2.05) is 28.9 Å². The second-order valence-electron chi connectivity index (χ2n) is 8.74. The van der Waals surface area contributed by atoms with Crippen LogP contribution in [0.4, 0.5) is 4.79 Å². The molecule has 8 nitrogen and oxygen atoms in total. The molecule has 0 aromatic carbocycles. The zero-order valence-corrected chi connectivity index (χ0v) is 19.3. The normalized spacial score (nSPS) is 21.4. The molecular formula is C22H30N4O4S. The molecule has 1 saturated carbocycles. The first-order valence-corrected chi connectivity index (χ1v) is 10.9. The Morgan fingerprint density at radius 1 is 1.32 bits per heavy atom. The van der Waals surface area contributed by atoms with Crippen LogP contribution in [0.5, 0.6) is 0 Å². The Labute approximate surface area is 187 Å². The van der Waals surface area contributed by atoms with Gasteiger partial charge in [0.25, 0.3) is 0 Å². The van der Waals surface area contributed by atoms with Crippen LogP contribution in [-0.4, -0.2) is 51.7 Å². The number of imidazole rings is 1. The van der Waals surface area contributed by atoms with Gasteiger partial charge in [-0.1, -0.05) is 24.7 Å². The molecule has 0 bridgehead atoms. The molecule has 31 heavy (non-hydrogen) atoms. The minimum Gasteiger partial charge on any atom is -0.460 e. The van der Waals surface area contributed by atoms with Gasteiger partial charge in [-0.15, -0.1) is 0 Å². The van der Waals surface area contributed by atoms with Gasteiger partial charge in [0.1, 0.15) is 23.9 Å². The number of rotatable bonds is 5. The Morgan fingerprint density at radius 3 is 2.81 bits per heavy atom. The van der Waals surface area contributed by atoms with Gasteiger partial charge in [0.2, 0.25) is 0 Å². The van der Waals surface area contributed by atoms with Crippen LogP contribution in [-0.2, 0) is 19.7 Å². The summed E-state index contributed by atoms with van der Waals surface area (Å²) in [4.78, 5) is 29.4. The molecule has 2 N–H and O–H groups in total. The maximum absolute atomic E-state index is 12.6. The van der Waals surface area contributed by atoms with Gasteiger partial charge in [0.05, 0.1) is 10.4 Å². The van der Waals surface area contributed by atoms with Gasteiger partial charge in [-0.3, -0.25) is 4.79 Å². The fourth-order valence-electron chi connectivity index (χ4n) is 4.09. The lowest BCUT2D eigenvalue weighted by Crippen LogP contribution is -2.54. The van der Waals surface area contributed by atoms with E-state index < -0.39 is 29.2 Å². The van der Waals surface area contributed by atoms with Crippen molar-refractivity contribution in [2.45, 2.75) is 63.6 Å². The number of ether oxygens (including phenoxy) is 2. The zero-order valence-electron chi connectivity index (χ0n) is 18.4. The number of carbonyl (C=O) groups excluding carboxylic acids is 2. The number of thiocarbonyl (C=S) groups is 1. The van der Waals surface area contributed by atoms with Crippen LogP contribution in [0.15, 0.2) is 30.7 Å². The average molecular weight is 447 g/mol. The lowest BCUT2D eigenvalue weighted by Gasteiger charge is -2.44. The summed E-state index contributed by atoms with van der Waals surface area (Å²) in [5.41, 5.74) is 0.509.